The molecule has 0 unspecified atom stereocenters. The first-order valence-corrected chi connectivity index (χ1v) is 13.2. The molecular weight excluding hydrogens is 494 g/mol. The molecule has 1 aliphatic heterocycles. The van der Waals surface area contributed by atoms with Crippen molar-refractivity contribution in [3.8, 4) is 5.75 Å². The Morgan fingerprint density at radius 3 is 2.67 bits per heavy atom. The van der Waals surface area contributed by atoms with Crippen molar-refractivity contribution in [3.63, 3.8) is 0 Å². The summed E-state index contributed by atoms with van der Waals surface area (Å²) in [5, 5.41) is 3.72. The van der Waals surface area contributed by atoms with E-state index in [0.29, 0.717) is 44.2 Å². The molecule has 2 aromatic heterocycles. The molecule has 0 aliphatic carbocycles. The number of para-hydroxylation sites is 2. The molecule has 0 saturated carbocycles. The maximum absolute atomic E-state index is 13.6. The molecule has 0 spiro atoms. The molecule has 39 heavy (non-hydrogen) atoms. The van der Waals surface area contributed by atoms with E-state index in [4.69, 9.17) is 4.74 Å². The number of carbonyl (C=O) groups is 2. The number of piperazine rings is 1. The Hall–Kier alpha value is -4.60. The van der Waals surface area contributed by atoms with Crippen molar-refractivity contribution in [1.82, 2.24) is 25.2 Å². The van der Waals surface area contributed by atoms with E-state index in [-0.39, 0.29) is 11.8 Å². The number of nitrogens with one attached hydrogen (secondary N) is 2. The Bertz CT molecular complexity index is 1450. The zero-order valence-electron chi connectivity index (χ0n) is 22.3. The van der Waals surface area contributed by atoms with Gasteiger partial charge in [0.2, 0.25) is 5.91 Å². The average molecular weight is 528 g/mol. The van der Waals surface area contributed by atoms with E-state index < -0.39 is 0 Å². The van der Waals surface area contributed by atoms with Crippen molar-refractivity contribution < 1.29 is 14.3 Å². The summed E-state index contributed by atoms with van der Waals surface area (Å²) in [7, 11) is 0. The second-order valence-corrected chi connectivity index (χ2v) is 9.30. The largest absolute Gasteiger partial charge is 0.492 e. The van der Waals surface area contributed by atoms with Gasteiger partial charge in [0.25, 0.3) is 5.91 Å². The van der Waals surface area contributed by atoms with Gasteiger partial charge in [0.05, 0.1) is 17.7 Å². The molecule has 5 rings (SSSR count). The maximum Gasteiger partial charge on any atom is 0.254 e. The van der Waals surface area contributed by atoms with Crippen LogP contribution >= 0.6 is 0 Å². The van der Waals surface area contributed by atoms with Crippen molar-refractivity contribution in [2.24, 2.45) is 0 Å². The number of ether oxygens (including phenoxy) is 1. The van der Waals surface area contributed by atoms with Crippen LogP contribution in [0.25, 0.3) is 11.0 Å². The summed E-state index contributed by atoms with van der Waals surface area (Å²) in [5.41, 5.74) is 3.21. The van der Waals surface area contributed by atoms with Crippen LogP contribution in [0.4, 0.5) is 17.2 Å². The summed E-state index contributed by atoms with van der Waals surface area (Å²) < 4.78 is 5.81. The fourth-order valence-corrected chi connectivity index (χ4v) is 4.91. The summed E-state index contributed by atoms with van der Waals surface area (Å²) in [6.45, 7) is 7.67. The summed E-state index contributed by atoms with van der Waals surface area (Å²) >= 11 is 0. The van der Waals surface area contributed by atoms with E-state index >= 15 is 0 Å². The van der Waals surface area contributed by atoms with E-state index in [9.17, 15) is 9.59 Å². The minimum absolute atomic E-state index is 0.00844. The lowest BCUT2D eigenvalue weighted by Gasteiger charge is -2.37. The Morgan fingerprint density at radius 2 is 1.87 bits per heavy atom. The third kappa shape index (κ3) is 5.79. The number of hydrogen-bond donors (Lipinski definition) is 2. The monoisotopic (exact) mass is 527 g/mol. The van der Waals surface area contributed by atoms with E-state index in [1.807, 2.05) is 71.5 Å². The average Bonchev–Trinajstić information content (AvgIpc) is 3.45. The number of anilines is 3. The molecule has 202 valence electrons. The van der Waals surface area contributed by atoms with Crippen LogP contribution in [0.1, 0.15) is 24.2 Å². The maximum atomic E-state index is 13.6. The van der Waals surface area contributed by atoms with Crippen molar-refractivity contribution in [1.29, 1.82) is 0 Å². The highest BCUT2D eigenvalue weighted by Gasteiger charge is 2.25. The summed E-state index contributed by atoms with van der Waals surface area (Å²) in [5.74, 6) is 1.47. The number of carbonyl (C=O) groups excluding carboxylic acids is 2. The molecule has 2 N–H and O–H groups in total. The number of aromatic nitrogens is 3. The fraction of sp³-hybridized carbons (Fsp3) is 0.310. The normalized spacial score (nSPS) is 13.4. The van der Waals surface area contributed by atoms with Gasteiger partial charge < -0.3 is 29.7 Å². The predicted molar refractivity (Wildman–Crippen MR) is 152 cm³/mol. The SMILES string of the molecule is CCOc1ccccc1N1CCN(C(=O)c2cccc(N(CCNC(C)=O)c3ncnc4[nH]ccc34)c2)CC1. The molecule has 10 nitrogen and oxygen atoms in total. The van der Waals surface area contributed by atoms with E-state index in [2.05, 4.69) is 31.2 Å². The molecule has 2 amide bonds. The quantitative estimate of drug-likeness (QED) is 0.343. The first-order valence-electron chi connectivity index (χ1n) is 13.2. The lowest BCUT2D eigenvalue weighted by atomic mass is 10.1. The molecule has 10 heteroatoms. The van der Waals surface area contributed by atoms with Crippen LogP contribution in [0.5, 0.6) is 5.75 Å². The number of amides is 2. The van der Waals surface area contributed by atoms with Crippen molar-refractivity contribution >= 4 is 40.0 Å². The van der Waals surface area contributed by atoms with Crippen LogP contribution < -0.4 is 19.9 Å². The first kappa shape index (κ1) is 26.0. The van der Waals surface area contributed by atoms with Gasteiger partial charge in [0, 0.05) is 63.6 Å². The second-order valence-electron chi connectivity index (χ2n) is 9.30. The van der Waals surface area contributed by atoms with Gasteiger partial charge in [-0.3, -0.25) is 9.59 Å². The van der Waals surface area contributed by atoms with E-state index in [0.717, 1.165) is 41.2 Å². The van der Waals surface area contributed by atoms with Gasteiger partial charge in [0.15, 0.2) is 0 Å². The zero-order valence-corrected chi connectivity index (χ0v) is 22.3. The Kier molecular flexibility index (Phi) is 7.91. The smallest absolute Gasteiger partial charge is 0.254 e. The highest BCUT2D eigenvalue weighted by atomic mass is 16.5. The van der Waals surface area contributed by atoms with Gasteiger partial charge in [-0.15, -0.1) is 0 Å². The Labute approximate surface area is 227 Å². The van der Waals surface area contributed by atoms with Crippen LogP contribution in [0.2, 0.25) is 0 Å². The zero-order chi connectivity index (χ0) is 27.2. The molecule has 3 heterocycles. The number of rotatable bonds is 9. The van der Waals surface area contributed by atoms with Gasteiger partial charge in [0.1, 0.15) is 23.5 Å². The van der Waals surface area contributed by atoms with Gasteiger partial charge in [-0.1, -0.05) is 18.2 Å². The molecule has 1 fully saturated rings. The summed E-state index contributed by atoms with van der Waals surface area (Å²) in [6, 6.07) is 17.5. The van der Waals surface area contributed by atoms with Crippen molar-refractivity contribution in [2.45, 2.75) is 13.8 Å². The van der Waals surface area contributed by atoms with E-state index in [1.54, 1.807) is 0 Å². The minimum atomic E-state index is -0.101. The molecule has 0 radical (unpaired) electrons. The van der Waals surface area contributed by atoms with Crippen LogP contribution in [0.15, 0.2) is 67.1 Å². The molecule has 0 atom stereocenters. The third-order valence-corrected chi connectivity index (χ3v) is 6.78. The van der Waals surface area contributed by atoms with Crippen molar-refractivity contribution in [3.05, 3.63) is 72.7 Å². The molecule has 2 aromatic carbocycles. The number of fused-ring (bicyclic) bond motifs is 1. The lowest BCUT2D eigenvalue weighted by Crippen LogP contribution is -2.48. The molecule has 1 aliphatic rings. The Morgan fingerprint density at radius 1 is 1.05 bits per heavy atom. The van der Waals surface area contributed by atoms with Crippen molar-refractivity contribution in [2.75, 3.05) is 55.7 Å². The predicted octanol–water partition coefficient (Wildman–Crippen LogP) is 3.59. The number of H-pyrrole nitrogens is 1. The third-order valence-electron chi connectivity index (χ3n) is 6.78. The second kappa shape index (κ2) is 11.8. The first-order chi connectivity index (χ1) is 19.0. The van der Waals surface area contributed by atoms with Crippen LogP contribution in [-0.2, 0) is 4.79 Å². The fourth-order valence-electron chi connectivity index (χ4n) is 4.91. The highest BCUT2D eigenvalue weighted by Crippen LogP contribution is 2.31. The van der Waals surface area contributed by atoms with Gasteiger partial charge in [-0.05, 0) is 43.3 Å². The minimum Gasteiger partial charge on any atom is -0.492 e. The van der Waals surface area contributed by atoms with Crippen LogP contribution in [0.3, 0.4) is 0 Å². The van der Waals surface area contributed by atoms with Gasteiger partial charge in [-0.25, -0.2) is 9.97 Å². The topological polar surface area (TPSA) is 107 Å². The lowest BCUT2D eigenvalue weighted by molar-refractivity contribution is -0.118. The number of hydrogen-bond acceptors (Lipinski definition) is 7. The summed E-state index contributed by atoms with van der Waals surface area (Å²) in [6.07, 6.45) is 3.33. The number of benzene rings is 2. The number of nitrogens with zero attached hydrogens (tertiary/aromatic N) is 5. The van der Waals surface area contributed by atoms with Crippen LogP contribution in [0, 0.1) is 0 Å². The van der Waals surface area contributed by atoms with Gasteiger partial charge >= 0.3 is 0 Å². The number of aromatic amines is 1. The van der Waals surface area contributed by atoms with Gasteiger partial charge in [-0.2, -0.15) is 0 Å². The highest BCUT2D eigenvalue weighted by molar-refractivity contribution is 5.96. The van der Waals surface area contributed by atoms with Crippen LogP contribution in [-0.4, -0.2) is 77.5 Å². The standard InChI is InChI=1S/C29H33N7O3/c1-3-39-26-10-5-4-9-25(26)34-15-17-35(18-16-34)29(38)22-7-6-8-23(19-22)36(14-13-30-21(2)37)28-24-11-12-31-27(24)32-20-33-28/h4-12,19-20H,3,13-18H2,1-2H3,(H,30,37)(H,31,32,33). The molecule has 0 bridgehead atoms. The molecule has 4 aromatic rings. The molecule has 1 saturated heterocycles. The summed E-state index contributed by atoms with van der Waals surface area (Å²) in [4.78, 5) is 43.2. The Balaban J connectivity index is 1.34. The van der Waals surface area contributed by atoms with E-state index in [1.165, 1.54) is 13.3 Å². The molecular formula is C29H33N7O3.